The first-order valence-electron chi connectivity index (χ1n) is 10.8. The van der Waals surface area contributed by atoms with Gasteiger partial charge in [-0.15, -0.1) is 0 Å². The van der Waals surface area contributed by atoms with E-state index in [1.165, 1.54) is 4.31 Å². The molecule has 1 saturated heterocycles. The Balaban J connectivity index is 1.18. The molecule has 1 saturated carbocycles. The van der Waals surface area contributed by atoms with Gasteiger partial charge in [-0.2, -0.15) is 0 Å². The van der Waals surface area contributed by atoms with Crippen LogP contribution in [0.4, 0.5) is 10.8 Å². The summed E-state index contributed by atoms with van der Waals surface area (Å²) in [5.41, 5.74) is 2.26. The Morgan fingerprint density at radius 1 is 1.31 bits per heavy atom. The summed E-state index contributed by atoms with van der Waals surface area (Å²) in [6.07, 6.45) is 3.64. The molecule has 3 aromatic rings. The number of carbonyl (C=O) groups is 1. The van der Waals surface area contributed by atoms with E-state index >= 15 is 0 Å². The maximum atomic E-state index is 12.2. The molecule has 0 bridgehead atoms. The van der Waals surface area contributed by atoms with Crippen LogP contribution in [0.1, 0.15) is 41.9 Å². The molecule has 2 aliphatic rings. The topological polar surface area (TPSA) is 117 Å². The van der Waals surface area contributed by atoms with Gasteiger partial charge in [0, 0.05) is 25.2 Å². The number of anilines is 2. The van der Waals surface area contributed by atoms with Crippen molar-refractivity contribution in [1.82, 2.24) is 15.5 Å². The lowest BCUT2D eigenvalue weighted by atomic mass is 10.1. The molecule has 0 radical (unpaired) electrons. The highest BCUT2D eigenvalue weighted by Gasteiger charge is 2.29. The zero-order valence-corrected chi connectivity index (χ0v) is 19.3. The highest BCUT2D eigenvalue weighted by atomic mass is 32.2. The van der Waals surface area contributed by atoms with Crippen molar-refractivity contribution in [2.24, 2.45) is 5.92 Å². The minimum Gasteiger partial charge on any atom is -0.359 e. The van der Waals surface area contributed by atoms with Gasteiger partial charge in [0.15, 0.2) is 5.13 Å². The van der Waals surface area contributed by atoms with E-state index in [0.717, 1.165) is 34.6 Å². The van der Waals surface area contributed by atoms with Crippen LogP contribution in [-0.4, -0.2) is 49.3 Å². The summed E-state index contributed by atoms with van der Waals surface area (Å²) in [4.78, 5) is 16.8. The fraction of sp³-hybridized carbons (Fsp3) is 0.476. The summed E-state index contributed by atoms with van der Waals surface area (Å²) < 4.78 is 31.9. The lowest BCUT2D eigenvalue weighted by Gasteiger charge is -2.16. The summed E-state index contributed by atoms with van der Waals surface area (Å²) >= 11 is 1.54. The number of rotatable bonds is 6. The predicted molar refractivity (Wildman–Crippen MR) is 124 cm³/mol. The third-order valence-corrected chi connectivity index (χ3v) is 8.85. The minimum atomic E-state index is -3.19. The molecular weight excluding hydrogens is 450 g/mol. The number of sulfonamides is 1. The molecule has 11 heteroatoms. The first-order valence-corrected chi connectivity index (χ1v) is 13.2. The summed E-state index contributed by atoms with van der Waals surface area (Å²) in [5, 5.41) is 11.0. The van der Waals surface area contributed by atoms with Gasteiger partial charge in [0.25, 0.3) is 5.91 Å². The molecule has 5 rings (SSSR count). The first kappa shape index (κ1) is 21.2. The van der Waals surface area contributed by atoms with Crippen LogP contribution >= 0.6 is 11.3 Å². The van der Waals surface area contributed by atoms with Gasteiger partial charge in [-0.3, -0.25) is 9.10 Å². The maximum absolute atomic E-state index is 12.2. The third-order valence-electron chi connectivity index (χ3n) is 6.03. The summed E-state index contributed by atoms with van der Waals surface area (Å²) in [7, 11) is -3.19. The molecular formula is C21H25N5O4S2. The molecule has 2 fully saturated rings. The molecule has 0 spiro atoms. The van der Waals surface area contributed by atoms with Crippen LogP contribution in [0.3, 0.4) is 0 Å². The number of aryl methyl sites for hydroxylation is 1. The Kier molecular flexibility index (Phi) is 5.54. The van der Waals surface area contributed by atoms with Crippen molar-refractivity contribution in [2.45, 2.75) is 38.6 Å². The number of thiazole rings is 1. The summed E-state index contributed by atoms with van der Waals surface area (Å²) in [5.74, 6) is 0.610. The van der Waals surface area contributed by atoms with Gasteiger partial charge < -0.3 is 15.2 Å². The number of aromatic nitrogens is 2. The van der Waals surface area contributed by atoms with Crippen LogP contribution in [0.15, 0.2) is 28.8 Å². The highest BCUT2D eigenvalue weighted by Crippen LogP contribution is 2.34. The van der Waals surface area contributed by atoms with Crippen molar-refractivity contribution in [2.75, 3.05) is 28.5 Å². The molecule has 1 amide bonds. The average Bonchev–Trinajstić information content (AvgIpc) is 3.52. The monoisotopic (exact) mass is 475 g/mol. The van der Waals surface area contributed by atoms with Crippen LogP contribution in [0.2, 0.25) is 0 Å². The van der Waals surface area contributed by atoms with Crippen molar-refractivity contribution in [3.63, 3.8) is 0 Å². The van der Waals surface area contributed by atoms with E-state index in [1.807, 2.05) is 18.2 Å². The number of benzene rings is 1. The Morgan fingerprint density at radius 3 is 2.94 bits per heavy atom. The fourth-order valence-electron chi connectivity index (χ4n) is 4.42. The van der Waals surface area contributed by atoms with Crippen LogP contribution in [0.25, 0.3) is 10.2 Å². The number of nitrogens with one attached hydrogen (secondary N) is 2. The molecule has 1 aliphatic carbocycles. The molecule has 1 aromatic carbocycles. The molecule has 2 atom stereocenters. The van der Waals surface area contributed by atoms with Gasteiger partial charge in [0.2, 0.25) is 15.8 Å². The quantitative estimate of drug-likeness (QED) is 0.562. The average molecular weight is 476 g/mol. The second-order valence-corrected chi connectivity index (χ2v) is 11.5. The largest absolute Gasteiger partial charge is 0.359 e. The van der Waals surface area contributed by atoms with E-state index in [4.69, 9.17) is 4.52 Å². The Labute approximate surface area is 190 Å². The van der Waals surface area contributed by atoms with Crippen LogP contribution in [0, 0.1) is 12.8 Å². The van der Waals surface area contributed by atoms with Crippen molar-refractivity contribution in [1.29, 1.82) is 0 Å². The number of amides is 1. The lowest BCUT2D eigenvalue weighted by Crippen LogP contribution is -2.28. The predicted octanol–water partition coefficient (Wildman–Crippen LogP) is 3.14. The van der Waals surface area contributed by atoms with E-state index in [1.54, 1.807) is 24.3 Å². The smallest absolute Gasteiger partial charge is 0.289 e. The lowest BCUT2D eigenvalue weighted by molar-refractivity contribution is 0.0910. The number of hydrogen-bond donors (Lipinski definition) is 2. The Bertz CT molecular complexity index is 1250. The molecule has 3 heterocycles. The van der Waals surface area contributed by atoms with E-state index < -0.39 is 10.0 Å². The number of nitrogens with zero attached hydrogens (tertiary/aromatic N) is 3. The van der Waals surface area contributed by atoms with E-state index in [0.29, 0.717) is 42.9 Å². The standard InChI is InChI=1S/C21H25N5O4S2/c1-13-9-18(30-25-13)20(27)22-12-14-3-4-15(10-14)23-21-24-17-6-5-16(11-19(17)31-21)26-7-2-8-32(26,28)29/h5-6,9,11,14-15H,2-4,7-8,10,12H2,1H3,(H,22,27)(H,23,24)/t14-,15+/m0/s1. The van der Waals surface area contributed by atoms with Crippen LogP contribution < -0.4 is 14.9 Å². The van der Waals surface area contributed by atoms with Gasteiger partial charge >= 0.3 is 0 Å². The fourth-order valence-corrected chi connectivity index (χ4v) is 6.95. The minimum absolute atomic E-state index is 0.210. The molecule has 1 aliphatic heterocycles. The molecule has 2 aromatic heterocycles. The summed E-state index contributed by atoms with van der Waals surface area (Å²) in [6.45, 7) is 2.92. The second kappa shape index (κ2) is 8.36. The number of hydrogen-bond acceptors (Lipinski definition) is 8. The summed E-state index contributed by atoms with van der Waals surface area (Å²) in [6, 6.07) is 7.56. The molecule has 170 valence electrons. The van der Waals surface area contributed by atoms with Crippen molar-refractivity contribution in [3.05, 3.63) is 35.7 Å². The zero-order valence-electron chi connectivity index (χ0n) is 17.7. The van der Waals surface area contributed by atoms with Crippen molar-refractivity contribution in [3.8, 4) is 0 Å². The van der Waals surface area contributed by atoms with Crippen LogP contribution in [0.5, 0.6) is 0 Å². The second-order valence-electron chi connectivity index (χ2n) is 8.48. The Hall–Kier alpha value is -2.66. The Morgan fingerprint density at radius 2 is 2.19 bits per heavy atom. The SMILES string of the molecule is Cc1cc(C(=O)NC[C@H]2CC[C@@H](Nc3nc4ccc(N5CCCS5(=O)=O)cc4s3)C2)on1. The molecule has 9 nitrogen and oxygen atoms in total. The van der Waals surface area contributed by atoms with Gasteiger partial charge in [0.1, 0.15) is 0 Å². The van der Waals surface area contributed by atoms with Gasteiger partial charge in [0.05, 0.1) is 27.4 Å². The van der Waals surface area contributed by atoms with Crippen LogP contribution in [-0.2, 0) is 10.0 Å². The van der Waals surface area contributed by atoms with E-state index in [-0.39, 0.29) is 17.4 Å². The van der Waals surface area contributed by atoms with Gasteiger partial charge in [-0.05, 0) is 56.7 Å². The third kappa shape index (κ3) is 4.31. The highest BCUT2D eigenvalue weighted by molar-refractivity contribution is 7.93. The van der Waals surface area contributed by atoms with Crippen molar-refractivity contribution >= 4 is 48.3 Å². The van der Waals surface area contributed by atoms with E-state index in [2.05, 4.69) is 20.8 Å². The normalized spacial score (nSPS) is 22.5. The van der Waals surface area contributed by atoms with E-state index in [9.17, 15) is 13.2 Å². The molecule has 0 unspecified atom stereocenters. The molecule has 32 heavy (non-hydrogen) atoms. The number of fused-ring (bicyclic) bond motifs is 1. The van der Waals surface area contributed by atoms with Gasteiger partial charge in [-0.1, -0.05) is 16.5 Å². The van der Waals surface area contributed by atoms with Crippen molar-refractivity contribution < 1.29 is 17.7 Å². The number of carbonyl (C=O) groups excluding carboxylic acids is 1. The molecule has 2 N–H and O–H groups in total. The first-order chi connectivity index (χ1) is 15.4. The zero-order chi connectivity index (χ0) is 22.3. The maximum Gasteiger partial charge on any atom is 0.289 e. The van der Waals surface area contributed by atoms with Gasteiger partial charge in [-0.25, -0.2) is 13.4 Å².